The third kappa shape index (κ3) is 7.34. The van der Waals surface area contributed by atoms with Crippen molar-refractivity contribution in [1.82, 2.24) is 5.32 Å². The highest BCUT2D eigenvalue weighted by atomic mass is 16.2. The van der Waals surface area contributed by atoms with E-state index in [0.717, 1.165) is 12.8 Å². The van der Waals surface area contributed by atoms with Gasteiger partial charge < -0.3 is 10.4 Å². The van der Waals surface area contributed by atoms with Crippen molar-refractivity contribution in [2.75, 3.05) is 6.61 Å². The second-order valence-corrected chi connectivity index (χ2v) is 4.18. The Bertz CT molecular complexity index is 117. The number of rotatable bonds is 9. The molecule has 0 amide bonds. The van der Waals surface area contributed by atoms with Crippen molar-refractivity contribution in [3.05, 3.63) is 0 Å². The second kappa shape index (κ2) is 9.47. The molecule has 0 spiro atoms. The van der Waals surface area contributed by atoms with Gasteiger partial charge in [-0.1, -0.05) is 26.7 Å². The third-order valence-corrected chi connectivity index (χ3v) is 2.71. The minimum absolute atomic E-state index is 0.317. The molecule has 0 saturated carbocycles. The van der Waals surface area contributed by atoms with Crippen molar-refractivity contribution >= 4 is 0 Å². The number of hydrogen-bond acceptors (Lipinski definition) is 2. The lowest BCUT2D eigenvalue weighted by molar-refractivity contribution is 0.272. The standard InChI is InChI=1S/C12H27NO/c1-4-6-9-12(5-2)13-11(3)8-7-10-14/h11-14H,4-10H2,1-3H3/t11-,12+/m0/s1. The predicted molar refractivity (Wildman–Crippen MR) is 62.5 cm³/mol. The van der Waals surface area contributed by atoms with Crippen LogP contribution in [0.2, 0.25) is 0 Å². The third-order valence-electron chi connectivity index (χ3n) is 2.71. The topological polar surface area (TPSA) is 32.3 Å². The Hall–Kier alpha value is -0.0800. The van der Waals surface area contributed by atoms with Crippen LogP contribution >= 0.6 is 0 Å². The Balaban J connectivity index is 3.57. The number of hydrogen-bond donors (Lipinski definition) is 2. The molecule has 0 heterocycles. The first kappa shape index (κ1) is 13.9. The van der Waals surface area contributed by atoms with Gasteiger partial charge >= 0.3 is 0 Å². The minimum atomic E-state index is 0.317. The van der Waals surface area contributed by atoms with Crippen molar-refractivity contribution in [3.63, 3.8) is 0 Å². The van der Waals surface area contributed by atoms with Gasteiger partial charge in [0.05, 0.1) is 0 Å². The van der Waals surface area contributed by atoms with E-state index in [1.165, 1.54) is 25.7 Å². The molecule has 2 atom stereocenters. The smallest absolute Gasteiger partial charge is 0.0431 e. The van der Waals surface area contributed by atoms with E-state index in [9.17, 15) is 0 Å². The number of unbranched alkanes of at least 4 members (excludes halogenated alkanes) is 1. The van der Waals surface area contributed by atoms with Crippen LogP contribution in [0.15, 0.2) is 0 Å². The molecule has 0 aromatic rings. The van der Waals surface area contributed by atoms with Gasteiger partial charge in [0, 0.05) is 18.7 Å². The monoisotopic (exact) mass is 201 g/mol. The second-order valence-electron chi connectivity index (χ2n) is 4.18. The van der Waals surface area contributed by atoms with Gasteiger partial charge in [0.15, 0.2) is 0 Å². The van der Waals surface area contributed by atoms with Gasteiger partial charge in [0.2, 0.25) is 0 Å². The Kier molecular flexibility index (Phi) is 9.42. The van der Waals surface area contributed by atoms with Crippen LogP contribution in [0.1, 0.15) is 59.3 Å². The SMILES string of the molecule is CCCC[C@@H](CC)N[C@@H](C)CCCO. The van der Waals surface area contributed by atoms with E-state index in [2.05, 4.69) is 26.1 Å². The summed E-state index contributed by atoms with van der Waals surface area (Å²) in [5, 5.41) is 12.3. The molecule has 0 aromatic carbocycles. The van der Waals surface area contributed by atoms with Gasteiger partial charge in [-0.05, 0) is 32.6 Å². The number of aliphatic hydroxyl groups is 1. The maximum Gasteiger partial charge on any atom is 0.0431 e. The van der Waals surface area contributed by atoms with E-state index < -0.39 is 0 Å². The van der Waals surface area contributed by atoms with Crippen molar-refractivity contribution in [3.8, 4) is 0 Å². The lowest BCUT2D eigenvalue weighted by Gasteiger charge is -2.22. The average Bonchev–Trinajstić information content (AvgIpc) is 2.21. The summed E-state index contributed by atoms with van der Waals surface area (Å²) in [6.07, 6.45) is 7.10. The zero-order valence-electron chi connectivity index (χ0n) is 10.1. The first-order valence-corrected chi connectivity index (χ1v) is 6.11. The van der Waals surface area contributed by atoms with Crippen LogP contribution in [0.5, 0.6) is 0 Å². The molecule has 0 aliphatic rings. The van der Waals surface area contributed by atoms with Crippen molar-refractivity contribution in [2.24, 2.45) is 0 Å². The Morgan fingerprint density at radius 2 is 1.86 bits per heavy atom. The molecule has 0 saturated heterocycles. The molecular formula is C12H27NO. The molecule has 2 N–H and O–H groups in total. The van der Waals surface area contributed by atoms with Gasteiger partial charge in [-0.15, -0.1) is 0 Å². The largest absolute Gasteiger partial charge is 0.396 e. The summed E-state index contributed by atoms with van der Waals surface area (Å²) in [7, 11) is 0. The quantitative estimate of drug-likeness (QED) is 0.601. The van der Waals surface area contributed by atoms with E-state index in [0.29, 0.717) is 18.7 Å². The molecular weight excluding hydrogens is 174 g/mol. The maximum atomic E-state index is 8.72. The molecule has 0 bridgehead atoms. The fourth-order valence-corrected chi connectivity index (χ4v) is 1.74. The zero-order valence-corrected chi connectivity index (χ0v) is 10.1. The Labute approximate surface area is 89.1 Å². The van der Waals surface area contributed by atoms with Gasteiger partial charge in [-0.25, -0.2) is 0 Å². The van der Waals surface area contributed by atoms with E-state index >= 15 is 0 Å². The van der Waals surface area contributed by atoms with Gasteiger partial charge in [-0.3, -0.25) is 0 Å². The normalized spacial score (nSPS) is 15.4. The summed E-state index contributed by atoms with van der Waals surface area (Å²) < 4.78 is 0. The van der Waals surface area contributed by atoms with E-state index in [1.54, 1.807) is 0 Å². The lowest BCUT2D eigenvalue weighted by atomic mass is 10.1. The molecule has 2 nitrogen and oxygen atoms in total. The summed E-state index contributed by atoms with van der Waals surface area (Å²) in [6, 6.07) is 1.22. The van der Waals surface area contributed by atoms with Crippen molar-refractivity contribution in [2.45, 2.75) is 71.4 Å². The summed E-state index contributed by atoms with van der Waals surface area (Å²) >= 11 is 0. The van der Waals surface area contributed by atoms with Crippen LogP contribution in [0.3, 0.4) is 0 Å². The first-order valence-electron chi connectivity index (χ1n) is 6.11. The molecule has 14 heavy (non-hydrogen) atoms. The summed E-state index contributed by atoms with van der Waals surface area (Å²) in [6.45, 7) is 7.01. The van der Waals surface area contributed by atoms with Gasteiger partial charge in [0.1, 0.15) is 0 Å². The van der Waals surface area contributed by atoms with Gasteiger partial charge in [0.25, 0.3) is 0 Å². The molecule has 0 radical (unpaired) electrons. The van der Waals surface area contributed by atoms with Crippen molar-refractivity contribution in [1.29, 1.82) is 0 Å². The van der Waals surface area contributed by atoms with Crippen LogP contribution < -0.4 is 5.32 Å². The molecule has 0 unspecified atom stereocenters. The van der Waals surface area contributed by atoms with E-state index in [-0.39, 0.29) is 0 Å². The lowest BCUT2D eigenvalue weighted by Crippen LogP contribution is -2.36. The zero-order chi connectivity index (χ0) is 10.8. The Morgan fingerprint density at radius 1 is 1.14 bits per heavy atom. The molecule has 86 valence electrons. The maximum absolute atomic E-state index is 8.72. The highest BCUT2D eigenvalue weighted by molar-refractivity contribution is 4.70. The van der Waals surface area contributed by atoms with Crippen LogP contribution in [0, 0.1) is 0 Å². The fraction of sp³-hybridized carbons (Fsp3) is 1.00. The van der Waals surface area contributed by atoms with Crippen LogP contribution in [-0.4, -0.2) is 23.8 Å². The number of nitrogens with one attached hydrogen (secondary N) is 1. The fourth-order valence-electron chi connectivity index (χ4n) is 1.74. The highest BCUT2D eigenvalue weighted by Crippen LogP contribution is 2.06. The molecule has 0 aliphatic carbocycles. The highest BCUT2D eigenvalue weighted by Gasteiger charge is 2.08. The molecule has 0 fully saturated rings. The average molecular weight is 201 g/mol. The minimum Gasteiger partial charge on any atom is -0.396 e. The predicted octanol–water partition coefficient (Wildman–Crippen LogP) is 2.71. The first-order chi connectivity index (χ1) is 6.74. The number of aliphatic hydroxyl groups excluding tert-OH is 1. The van der Waals surface area contributed by atoms with Crippen LogP contribution in [-0.2, 0) is 0 Å². The molecule has 2 heteroatoms. The van der Waals surface area contributed by atoms with Crippen LogP contribution in [0.25, 0.3) is 0 Å². The van der Waals surface area contributed by atoms with Gasteiger partial charge in [-0.2, -0.15) is 0 Å². The summed E-state index contributed by atoms with van der Waals surface area (Å²) in [5.74, 6) is 0. The van der Waals surface area contributed by atoms with E-state index in [4.69, 9.17) is 5.11 Å². The van der Waals surface area contributed by atoms with Crippen molar-refractivity contribution < 1.29 is 5.11 Å². The summed E-state index contributed by atoms with van der Waals surface area (Å²) in [5.41, 5.74) is 0. The summed E-state index contributed by atoms with van der Waals surface area (Å²) in [4.78, 5) is 0. The van der Waals surface area contributed by atoms with Crippen LogP contribution in [0.4, 0.5) is 0 Å². The molecule has 0 rings (SSSR count). The van der Waals surface area contributed by atoms with E-state index in [1.807, 2.05) is 0 Å². The molecule has 0 aliphatic heterocycles. The Morgan fingerprint density at radius 3 is 2.36 bits per heavy atom. The molecule has 0 aromatic heterocycles.